The van der Waals surface area contributed by atoms with Gasteiger partial charge >= 0.3 is 12.5 Å². The van der Waals surface area contributed by atoms with Crippen molar-refractivity contribution < 1.29 is 27.4 Å². The summed E-state index contributed by atoms with van der Waals surface area (Å²) >= 11 is 0. The first-order valence-corrected chi connectivity index (χ1v) is 13.1. The molecule has 2 heterocycles. The number of ether oxygens (including phenoxy) is 2. The van der Waals surface area contributed by atoms with Crippen LogP contribution in [0.4, 0.5) is 23.9 Å². The number of benzene rings is 1. The maximum atomic E-state index is 13.0. The van der Waals surface area contributed by atoms with Crippen LogP contribution in [0.3, 0.4) is 0 Å². The highest BCUT2D eigenvalue weighted by molar-refractivity contribution is 5.88. The van der Waals surface area contributed by atoms with Crippen molar-refractivity contribution in [2.75, 3.05) is 5.32 Å². The number of aryl methyl sites for hydroxylation is 2. The Morgan fingerprint density at radius 2 is 1.74 bits per heavy atom. The number of carbonyl (C=O) groups is 1. The maximum absolute atomic E-state index is 13.0. The van der Waals surface area contributed by atoms with Gasteiger partial charge in [0, 0.05) is 34.9 Å². The van der Waals surface area contributed by atoms with Gasteiger partial charge in [0.05, 0.1) is 5.52 Å². The van der Waals surface area contributed by atoms with Gasteiger partial charge in [-0.1, -0.05) is 6.92 Å². The molecule has 4 rings (SSSR count). The van der Waals surface area contributed by atoms with Crippen molar-refractivity contribution in [3.8, 4) is 17.0 Å². The van der Waals surface area contributed by atoms with Crippen LogP contribution < -0.4 is 15.4 Å². The molecule has 0 spiro atoms. The Bertz CT molecular complexity index is 1330. The molecule has 1 saturated carbocycles. The van der Waals surface area contributed by atoms with Gasteiger partial charge in [0.15, 0.2) is 0 Å². The number of amides is 1. The fraction of sp³-hybridized carbons (Fsp3) is 0.500. The maximum Gasteiger partial charge on any atom is 0.574 e. The summed E-state index contributed by atoms with van der Waals surface area (Å²) in [5.41, 5.74) is 2.28. The average molecular weight is 546 g/mol. The van der Waals surface area contributed by atoms with Gasteiger partial charge in [-0.25, -0.2) is 19.7 Å². The highest BCUT2D eigenvalue weighted by atomic mass is 19.4. The summed E-state index contributed by atoms with van der Waals surface area (Å²) in [7, 11) is 0. The van der Waals surface area contributed by atoms with Crippen LogP contribution in [0, 0.1) is 6.92 Å². The summed E-state index contributed by atoms with van der Waals surface area (Å²) in [6.45, 7) is 9.08. The van der Waals surface area contributed by atoms with Crippen molar-refractivity contribution in [2.24, 2.45) is 0 Å². The van der Waals surface area contributed by atoms with Crippen LogP contribution in [0.1, 0.15) is 64.6 Å². The third kappa shape index (κ3) is 7.70. The summed E-state index contributed by atoms with van der Waals surface area (Å²) in [4.78, 5) is 25.3. The number of nitrogens with zero attached hydrogens (tertiary/aromatic N) is 3. The Kier molecular flexibility index (Phi) is 8.17. The lowest BCUT2D eigenvalue weighted by Crippen LogP contribution is -2.42. The number of aromatic nitrogens is 3. The summed E-state index contributed by atoms with van der Waals surface area (Å²) < 4.78 is 48.7. The lowest BCUT2D eigenvalue weighted by atomic mass is 9.91. The SMILES string of the molecule is CCc1cc(-c2ccc(C)nc2OC(F)(F)F)cc2cnc(NC3CCC(NC(=O)OC(C)(C)C)CC3)nc12. The van der Waals surface area contributed by atoms with Gasteiger partial charge in [0.25, 0.3) is 0 Å². The van der Waals surface area contributed by atoms with Crippen molar-refractivity contribution in [3.63, 3.8) is 0 Å². The molecule has 11 heteroatoms. The monoisotopic (exact) mass is 545 g/mol. The van der Waals surface area contributed by atoms with E-state index in [0.29, 0.717) is 29.0 Å². The van der Waals surface area contributed by atoms with Crippen LogP contribution in [0.15, 0.2) is 30.5 Å². The lowest BCUT2D eigenvalue weighted by molar-refractivity contribution is -0.275. The van der Waals surface area contributed by atoms with Crippen LogP contribution in [0.5, 0.6) is 5.88 Å². The first-order valence-electron chi connectivity index (χ1n) is 13.1. The van der Waals surface area contributed by atoms with Gasteiger partial charge in [-0.05, 0) is 95.2 Å². The Labute approximate surface area is 225 Å². The number of halogens is 3. The molecule has 210 valence electrons. The van der Waals surface area contributed by atoms with Gasteiger partial charge < -0.3 is 20.1 Å². The van der Waals surface area contributed by atoms with Crippen molar-refractivity contribution in [2.45, 2.75) is 90.8 Å². The fourth-order valence-corrected chi connectivity index (χ4v) is 4.69. The molecule has 2 N–H and O–H groups in total. The molecular weight excluding hydrogens is 511 g/mol. The van der Waals surface area contributed by atoms with E-state index in [4.69, 9.17) is 9.72 Å². The summed E-state index contributed by atoms with van der Waals surface area (Å²) in [6, 6.07) is 7.01. The van der Waals surface area contributed by atoms with E-state index in [2.05, 4.69) is 25.3 Å². The zero-order valence-electron chi connectivity index (χ0n) is 22.8. The van der Waals surface area contributed by atoms with Gasteiger partial charge in [-0.3, -0.25) is 0 Å². The van der Waals surface area contributed by atoms with Crippen LogP contribution in [-0.2, 0) is 11.2 Å². The Hall–Kier alpha value is -3.63. The summed E-state index contributed by atoms with van der Waals surface area (Å²) in [6.07, 6.45) is 0.331. The van der Waals surface area contributed by atoms with Crippen LogP contribution in [0.2, 0.25) is 0 Å². The van der Waals surface area contributed by atoms with Crippen molar-refractivity contribution in [1.29, 1.82) is 0 Å². The number of hydrogen-bond acceptors (Lipinski definition) is 7. The molecule has 1 aromatic carbocycles. The zero-order valence-corrected chi connectivity index (χ0v) is 22.8. The molecule has 0 atom stereocenters. The largest absolute Gasteiger partial charge is 0.574 e. The number of pyridine rings is 1. The van der Waals surface area contributed by atoms with E-state index in [1.807, 2.05) is 33.8 Å². The molecule has 0 saturated heterocycles. The number of nitrogens with one attached hydrogen (secondary N) is 2. The topological polar surface area (TPSA) is 98.3 Å². The fourth-order valence-electron chi connectivity index (χ4n) is 4.69. The third-order valence-electron chi connectivity index (χ3n) is 6.45. The van der Waals surface area contributed by atoms with Crippen LogP contribution in [-0.4, -0.2) is 45.1 Å². The van der Waals surface area contributed by atoms with E-state index < -0.39 is 23.9 Å². The molecule has 3 aromatic rings. The molecule has 2 aromatic heterocycles. The predicted octanol–water partition coefficient (Wildman–Crippen LogP) is 6.71. The van der Waals surface area contributed by atoms with E-state index in [0.717, 1.165) is 36.8 Å². The molecule has 1 fully saturated rings. The molecule has 8 nitrogen and oxygen atoms in total. The quantitative estimate of drug-likeness (QED) is 0.355. The Morgan fingerprint density at radius 3 is 2.38 bits per heavy atom. The Balaban J connectivity index is 1.49. The average Bonchev–Trinajstić information content (AvgIpc) is 2.82. The highest BCUT2D eigenvalue weighted by Gasteiger charge is 2.33. The van der Waals surface area contributed by atoms with E-state index in [1.54, 1.807) is 31.3 Å². The molecule has 39 heavy (non-hydrogen) atoms. The minimum atomic E-state index is -4.85. The first-order chi connectivity index (χ1) is 18.3. The number of rotatable bonds is 6. The van der Waals surface area contributed by atoms with E-state index >= 15 is 0 Å². The Morgan fingerprint density at radius 1 is 1.05 bits per heavy atom. The second kappa shape index (κ2) is 11.2. The molecular formula is C28H34F3N5O3. The number of fused-ring (bicyclic) bond motifs is 1. The minimum absolute atomic E-state index is 0.0583. The second-order valence-electron chi connectivity index (χ2n) is 10.8. The number of carbonyl (C=O) groups excluding carboxylic acids is 1. The molecule has 0 radical (unpaired) electrons. The summed E-state index contributed by atoms with van der Waals surface area (Å²) in [5.74, 6) is 0.00599. The minimum Gasteiger partial charge on any atom is -0.444 e. The smallest absolute Gasteiger partial charge is 0.444 e. The van der Waals surface area contributed by atoms with Crippen molar-refractivity contribution in [3.05, 3.63) is 41.7 Å². The van der Waals surface area contributed by atoms with Gasteiger partial charge in [0.2, 0.25) is 11.8 Å². The molecule has 0 bridgehead atoms. The first kappa shape index (κ1) is 28.4. The number of alkyl carbamates (subject to hydrolysis) is 1. The van der Waals surface area contributed by atoms with Crippen LogP contribution in [0.25, 0.3) is 22.0 Å². The van der Waals surface area contributed by atoms with Crippen molar-refractivity contribution in [1.82, 2.24) is 20.3 Å². The lowest BCUT2D eigenvalue weighted by Gasteiger charge is -2.30. The van der Waals surface area contributed by atoms with E-state index in [-0.39, 0.29) is 17.6 Å². The second-order valence-corrected chi connectivity index (χ2v) is 10.8. The molecule has 1 amide bonds. The normalized spacial score (nSPS) is 18.1. The molecule has 1 aliphatic rings. The number of alkyl halides is 3. The van der Waals surface area contributed by atoms with E-state index in [1.165, 1.54) is 0 Å². The van der Waals surface area contributed by atoms with Crippen LogP contribution >= 0.6 is 0 Å². The van der Waals surface area contributed by atoms with Gasteiger partial charge in [-0.15, -0.1) is 13.2 Å². The van der Waals surface area contributed by atoms with Gasteiger partial charge in [0.1, 0.15) is 5.60 Å². The highest BCUT2D eigenvalue weighted by Crippen LogP contribution is 2.35. The molecule has 0 unspecified atom stereocenters. The standard InChI is InChI=1S/C28H34F3N5O3/c1-6-17-13-18(22-12-7-16(2)33-24(22)38-28(29,30)31)14-19-15-32-25(36-23(17)19)34-20-8-10-21(11-9-20)35-26(37)39-27(3,4)5/h7,12-15,20-21H,6,8-11H2,1-5H3,(H,35,37)(H,32,34,36). The van der Waals surface area contributed by atoms with Gasteiger partial charge in [-0.2, -0.15) is 0 Å². The zero-order chi connectivity index (χ0) is 28.4. The summed E-state index contributed by atoms with van der Waals surface area (Å²) in [5, 5.41) is 7.05. The third-order valence-corrected chi connectivity index (χ3v) is 6.45. The number of hydrogen-bond donors (Lipinski definition) is 2. The van der Waals surface area contributed by atoms with Crippen molar-refractivity contribution >= 4 is 22.9 Å². The molecule has 1 aliphatic carbocycles. The van der Waals surface area contributed by atoms with E-state index in [9.17, 15) is 18.0 Å². The number of anilines is 1. The molecule has 0 aliphatic heterocycles. The predicted molar refractivity (Wildman–Crippen MR) is 143 cm³/mol.